The summed E-state index contributed by atoms with van der Waals surface area (Å²) < 4.78 is 0. The van der Waals surface area contributed by atoms with E-state index in [1.807, 2.05) is 18.2 Å². The number of amides is 1. The fourth-order valence-electron chi connectivity index (χ4n) is 2.96. The highest BCUT2D eigenvalue weighted by molar-refractivity contribution is 5.98. The number of rotatable bonds is 1. The first-order valence-electron chi connectivity index (χ1n) is 6.25. The molecule has 2 heteroatoms. The van der Waals surface area contributed by atoms with Crippen molar-refractivity contribution in [3.8, 4) is 0 Å². The van der Waals surface area contributed by atoms with Crippen molar-refractivity contribution in [3.63, 3.8) is 0 Å². The topological polar surface area (TPSA) is 20.3 Å². The number of benzene rings is 1. The first-order valence-corrected chi connectivity index (χ1v) is 6.25. The van der Waals surface area contributed by atoms with Gasteiger partial charge < -0.3 is 4.90 Å². The maximum Gasteiger partial charge on any atom is 0.254 e. The van der Waals surface area contributed by atoms with Crippen molar-refractivity contribution in [1.82, 2.24) is 4.90 Å². The van der Waals surface area contributed by atoms with E-state index in [4.69, 9.17) is 0 Å². The average molecular weight is 215 g/mol. The van der Waals surface area contributed by atoms with Crippen molar-refractivity contribution in [2.45, 2.75) is 44.7 Å². The molecule has 2 aliphatic rings. The number of hydrogen-bond acceptors (Lipinski definition) is 1. The molecule has 0 spiro atoms. The Balaban J connectivity index is 1.83. The molecule has 1 heterocycles. The van der Waals surface area contributed by atoms with Crippen LogP contribution in [0.1, 0.15) is 48.0 Å². The van der Waals surface area contributed by atoms with E-state index < -0.39 is 0 Å². The Kier molecular flexibility index (Phi) is 2.43. The Bertz CT molecular complexity index is 407. The first-order chi connectivity index (χ1) is 7.86. The van der Waals surface area contributed by atoms with Gasteiger partial charge in [-0.15, -0.1) is 0 Å². The normalized spacial score (nSPS) is 21.2. The van der Waals surface area contributed by atoms with Crippen molar-refractivity contribution >= 4 is 5.91 Å². The van der Waals surface area contributed by atoms with Gasteiger partial charge in [0.2, 0.25) is 0 Å². The number of carbonyl (C=O) groups is 1. The molecule has 1 amide bonds. The second-order valence-electron chi connectivity index (χ2n) is 4.88. The Morgan fingerprint density at radius 1 is 1.06 bits per heavy atom. The minimum Gasteiger partial charge on any atom is -0.331 e. The lowest BCUT2D eigenvalue weighted by Gasteiger charge is -2.30. The minimum absolute atomic E-state index is 0.252. The van der Waals surface area contributed by atoms with E-state index in [2.05, 4.69) is 11.0 Å². The number of carbonyl (C=O) groups excluding carboxylic acids is 1. The minimum atomic E-state index is 0.252. The van der Waals surface area contributed by atoms with Crippen molar-refractivity contribution < 1.29 is 4.79 Å². The molecule has 84 valence electrons. The second kappa shape index (κ2) is 3.93. The van der Waals surface area contributed by atoms with Crippen LogP contribution >= 0.6 is 0 Å². The Morgan fingerprint density at radius 3 is 2.56 bits per heavy atom. The highest BCUT2D eigenvalue weighted by atomic mass is 16.2. The molecule has 0 unspecified atom stereocenters. The quantitative estimate of drug-likeness (QED) is 0.705. The molecular formula is C14H17NO. The van der Waals surface area contributed by atoms with Crippen LogP contribution in [0.25, 0.3) is 0 Å². The zero-order chi connectivity index (χ0) is 11.0. The highest BCUT2D eigenvalue weighted by Crippen LogP contribution is 2.30. The van der Waals surface area contributed by atoms with Crippen LogP contribution in [-0.2, 0) is 6.54 Å². The number of hydrogen-bond donors (Lipinski definition) is 0. The van der Waals surface area contributed by atoms with Crippen LogP contribution in [-0.4, -0.2) is 16.8 Å². The Hall–Kier alpha value is -1.31. The summed E-state index contributed by atoms with van der Waals surface area (Å²) in [7, 11) is 0. The predicted octanol–water partition coefficient (Wildman–Crippen LogP) is 2.98. The van der Waals surface area contributed by atoms with Crippen LogP contribution in [0, 0.1) is 0 Å². The predicted molar refractivity (Wildman–Crippen MR) is 63.2 cm³/mol. The van der Waals surface area contributed by atoms with Gasteiger partial charge in [0.1, 0.15) is 0 Å². The Labute approximate surface area is 96.3 Å². The van der Waals surface area contributed by atoms with E-state index in [1.54, 1.807) is 0 Å². The summed E-state index contributed by atoms with van der Waals surface area (Å²) in [5, 5.41) is 0. The van der Waals surface area contributed by atoms with Gasteiger partial charge in [-0.3, -0.25) is 4.79 Å². The molecule has 1 aliphatic heterocycles. The second-order valence-corrected chi connectivity index (χ2v) is 4.88. The van der Waals surface area contributed by atoms with E-state index in [0.29, 0.717) is 6.04 Å². The van der Waals surface area contributed by atoms with E-state index in [0.717, 1.165) is 12.1 Å². The number of nitrogens with zero attached hydrogens (tertiary/aromatic N) is 1. The van der Waals surface area contributed by atoms with Gasteiger partial charge in [0.05, 0.1) is 0 Å². The van der Waals surface area contributed by atoms with Crippen molar-refractivity contribution in [2.75, 3.05) is 0 Å². The third-order valence-electron chi connectivity index (χ3n) is 3.86. The summed E-state index contributed by atoms with van der Waals surface area (Å²) in [6.07, 6.45) is 6.29. The van der Waals surface area contributed by atoms with Crippen molar-refractivity contribution in [3.05, 3.63) is 35.4 Å². The van der Waals surface area contributed by atoms with Crippen LogP contribution in [0.3, 0.4) is 0 Å². The summed E-state index contributed by atoms with van der Waals surface area (Å²) in [5.74, 6) is 0.252. The summed E-state index contributed by atoms with van der Waals surface area (Å²) in [4.78, 5) is 14.3. The van der Waals surface area contributed by atoms with Crippen LogP contribution in [0.2, 0.25) is 0 Å². The third-order valence-corrected chi connectivity index (χ3v) is 3.86. The SMILES string of the molecule is O=C1c2ccccc2CN1C1CCCCC1. The van der Waals surface area contributed by atoms with Gasteiger partial charge in [0.25, 0.3) is 5.91 Å². The molecule has 3 rings (SSSR count). The molecule has 2 nitrogen and oxygen atoms in total. The lowest BCUT2D eigenvalue weighted by molar-refractivity contribution is 0.0660. The van der Waals surface area contributed by atoms with E-state index in [1.165, 1.54) is 37.7 Å². The zero-order valence-corrected chi connectivity index (χ0v) is 9.48. The zero-order valence-electron chi connectivity index (χ0n) is 9.48. The largest absolute Gasteiger partial charge is 0.331 e. The summed E-state index contributed by atoms with van der Waals surface area (Å²) >= 11 is 0. The molecule has 0 bridgehead atoms. The molecule has 1 aromatic rings. The van der Waals surface area contributed by atoms with Gasteiger partial charge in [0.15, 0.2) is 0 Å². The van der Waals surface area contributed by atoms with Crippen LogP contribution in [0.15, 0.2) is 24.3 Å². The molecule has 16 heavy (non-hydrogen) atoms. The molecule has 0 N–H and O–H groups in total. The fraction of sp³-hybridized carbons (Fsp3) is 0.500. The molecule has 1 saturated carbocycles. The van der Waals surface area contributed by atoms with Crippen molar-refractivity contribution in [1.29, 1.82) is 0 Å². The third kappa shape index (κ3) is 1.53. The lowest BCUT2D eigenvalue weighted by atomic mass is 9.94. The lowest BCUT2D eigenvalue weighted by Crippen LogP contribution is -2.36. The maximum atomic E-state index is 12.2. The standard InChI is InChI=1S/C14H17NO/c16-14-13-9-5-4-6-11(13)10-15(14)12-7-2-1-3-8-12/h4-6,9,12H,1-3,7-8,10H2. The molecule has 1 aromatic carbocycles. The monoisotopic (exact) mass is 215 g/mol. The van der Waals surface area contributed by atoms with Gasteiger partial charge in [-0.2, -0.15) is 0 Å². The molecule has 0 saturated heterocycles. The van der Waals surface area contributed by atoms with Gasteiger partial charge in [-0.25, -0.2) is 0 Å². The van der Waals surface area contributed by atoms with Gasteiger partial charge in [-0.05, 0) is 24.5 Å². The fourth-order valence-corrected chi connectivity index (χ4v) is 2.96. The summed E-state index contributed by atoms with van der Waals surface area (Å²) in [6.45, 7) is 0.833. The smallest absolute Gasteiger partial charge is 0.254 e. The van der Waals surface area contributed by atoms with Crippen LogP contribution < -0.4 is 0 Å². The summed E-state index contributed by atoms with van der Waals surface area (Å²) in [6, 6.07) is 8.52. The molecule has 0 aromatic heterocycles. The van der Waals surface area contributed by atoms with E-state index in [-0.39, 0.29) is 5.91 Å². The molecular weight excluding hydrogens is 198 g/mol. The Morgan fingerprint density at radius 2 is 1.81 bits per heavy atom. The van der Waals surface area contributed by atoms with Gasteiger partial charge in [-0.1, -0.05) is 37.5 Å². The maximum absolute atomic E-state index is 12.2. The summed E-state index contributed by atoms with van der Waals surface area (Å²) in [5.41, 5.74) is 2.13. The van der Waals surface area contributed by atoms with Gasteiger partial charge in [0, 0.05) is 18.2 Å². The molecule has 0 radical (unpaired) electrons. The van der Waals surface area contributed by atoms with Gasteiger partial charge >= 0.3 is 0 Å². The van der Waals surface area contributed by atoms with E-state index in [9.17, 15) is 4.79 Å². The average Bonchev–Trinajstić information content (AvgIpc) is 2.69. The molecule has 0 atom stereocenters. The first kappa shape index (κ1) is 9.88. The highest BCUT2D eigenvalue weighted by Gasteiger charge is 2.32. The molecule has 1 aliphatic carbocycles. The van der Waals surface area contributed by atoms with E-state index >= 15 is 0 Å². The number of fused-ring (bicyclic) bond motifs is 1. The molecule has 1 fully saturated rings. The van der Waals surface area contributed by atoms with Crippen LogP contribution in [0.4, 0.5) is 0 Å². The van der Waals surface area contributed by atoms with Crippen molar-refractivity contribution in [2.24, 2.45) is 0 Å². The van der Waals surface area contributed by atoms with Crippen LogP contribution in [0.5, 0.6) is 0 Å².